The van der Waals surface area contributed by atoms with E-state index in [2.05, 4.69) is 43.3 Å². The van der Waals surface area contributed by atoms with Gasteiger partial charge in [-0.3, -0.25) is 4.99 Å². The van der Waals surface area contributed by atoms with Gasteiger partial charge in [0, 0.05) is 30.5 Å². The lowest BCUT2D eigenvalue weighted by molar-refractivity contribution is -0.188. The fourth-order valence-electron chi connectivity index (χ4n) is 4.22. The molecule has 0 bridgehead atoms. The van der Waals surface area contributed by atoms with Crippen LogP contribution in [0.3, 0.4) is 0 Å². The van der Waals surface area contributed by atoms with E-state index in [1.165, 1.54) is 6.42 Å². The van der Waals surface area contributed by atoms with Crippen molar-refractivity contribution in [3.8, 4) is 0 Å². The number of ether oxygens (including phenoxy) is 1. The van der Waals surface area contributed by atoms with Crippen molar-refractivity contribution < 1.29 is 9.15 Å². The third kappa shape index (κ3) is 3.18. The summed E-state index contributed by atoms with van der Waals surface area (Å²) < 4.78 is 11.7. The second-order valence-corrected chi connectivity index (χ2v) is 7.68. The van der Waals surface area contributed by atoms with E-state index in [0.717, 1.165) is 37.1 Å². The smallest absolute Gasteiger partial charge is 0.192 e. The van der Waals surface area contributed by atoms with E-state index in [0.29, 0.717) is 18.1 Å². The van der Waals surface area contributed by atoms with Crippen LogP contribution in [0.1, 0.15) is 58.1 Å². The molecule has 1 saturated heterocycles. The van der Waals surface area contributed by atoms with Crippen LogP contribution in [0.15, 0.2) is 21.5 Å². The van der Waals surface area contributed by atoms with Crippen molar-refractivity contribution in [3.63, 3.8) is 0 Å². The van der Waals surface area contributed by atoms with Crippen molar-refractivity contribution in [2.24, 2.45) is 16.3 Å². The lowest BCUT2D eigenvalue weighted by atomic mass is 9.55. The Morgan fingerprint density at radius 2 is 2.21 bits per heavy atom. The quantitative estimate of drug-likeness (QED) is 0.655. The molecule has 3 rings (SSSR count). The number of hydrogen-bond donors (Lipinski definition) is 2. The second-order valence-electron chi connectivity index (χ2n) is 7.68. The van der Waals surface area contributed by atoms with Gasteiger partial charge in [-0.15, -0.1) is 0 Å². The molecule has 0 radical (unpaired) electrons. The Kier molecular flexibility index (Phi) is 4.90. The minimum atomic E-state index is 0.0816. The molecule has 5 heteroatoms. The number of guanidine groups is 1. The number of aryl methyl sites for hydroxylation is 1. The number of furan rings is 1. The number of hydrogen-bond acceptors (Lipinski definition) is 3. The molecule has 134 valence electrons. The normalized spacial score (nSPS) is 30.2. The van der Waals surface area contributed by atoms with Crippen LogP contribution in [-0.4, -0.2) is 31.3 Å². The van der Waals surface area contributed by atoms with Gasteiger partial charge >= 0.3 is 0 Å². The molecule has 2 fully saturated rings. The number of nitrogens with one attached hydrogen (secondary N) is 2. The maximum atomic E-state index is 6.00. The SMILES string of the molecule is CCN=C(NC(C)c1ccc(C)o1)NC1C2CCCOC2C1(C)C. The van der Waals surface area contributed by atoms with Crippen LogP contribution in [0, 0.1) is 18.3 Å². The first-order chi connectivity index (χ1) is 11.4. The Morgan fingerprint density at radius 3 is 2.88 bits per heavy atom. The second kappa shape index (κ2) is 6.79. The molecular formula is C19H31N3O2. The van der Waals surface area contributed by atoms with Gasteiger partial charge in [-0.25, -0.2) is 0 Å². The van der Waals surface area contributed by atoms with Gasteiger partial charge in [0.25, 0.3) is 0 Å². The summed E-state index contributed by atoms with van der Waals surface area (Å²) in [7, 11) is 0. The fraction of sp³-hybridized carbons (Fsp3) is 0.737. The largest absolute Gasteiger partial charge is 0.464 e. The van der Waals surface area contributed by atoms with Crippen molar-refractivity contribution in [1.29, 1.82) is 0 Å². The molecule has 24 heavy (non-hydrogen) atoms. The Bertz CT molecular complexity index is 593. The van der Waals surface area contributed by atoms with Crippen LogP contribution in [0.2, 0.25) is 0 Å². The third-order valence-electron chi connectivity index (χ3n) is 5.48. The first kappa shape index (κ1) is 17.3. The maximum absolute atomic E-state index is 6.00. The topological polar surface area (TPSA) is 58.8 Å². The number of fused-ring (bicyclic) bond motifs is 1. The molecule has 1 aliphatic carbocycles. The predicted octanol–water partition coefficient (Wildman–Crippen LogP) is 3.41. The Balaban J connectivity index is 1.67. The molecule has 0 amide bonds. The average molecular weight is 333 g/mol. The molecule has 2 heterocycles. The van der Waals surface area contributed by atoms with Crippen LogP contribution in [-0.2, 0) is 4.74 Å². The molecule has 4 unspecified atom stereocenters. The number of rotatable bonds is 4. The Hall–Kier alpha value is -1.49. The van der Waals surface area contributed by atoms with E-state index in [-0.39, 0.29) is 11.5 Å². The van der Waals surface area contributed by atoms with Gasteiger partial charge < -0.3 is 19.8 Å². The molecule has 1 aromatic rings. The van der Waals surface area contributed by atoms with Crippen LogP contribution >= 0.6 is 0 Å². The highest BCUT2D eigenvalue weighted by molar-refractivity contribution is 5.80. The van der Waals surface area contributed by atoms with E-state index >= 15 is 0 Å². The molecule has 2 N–H and O–H groups in total. The summed E-state index contributed by atoms with van der Waals surface area (Å²) in [6, 6.07) is 4.50. The standard InChI is InChI=1S/C19H31N3O2/c1-6-20-18(21-13(3)15-10-9-12(2)24-15)22-16-14-8-7-11-23-17(14)19(16,4)5/h9-10,13-14,16-17H,6-8,11H2,1-5H3,(H2,20,21,22). The van der Waals surface area contributed by atoms with Gasteiger partial charge in [0.2, 0.25) is 0 Å². The highest BCUT2D eigenvalue weighted by Crippen LogP contribution is 2.51. The highest BCUT2D eigenvalue weighted by Gasteiger charge is 2.58. The van der Waals surface area contributed by atoms with Crippen molar-refractivity contribution in [2.75, 3.05) is 13.2 Å². The fourth-order valence-corrected chi connectivity index (χ4v) is 4.22. The van der Waals surface area contributed by atoms with E-state index in [9.17, 15) is 0 Å². The molecule has 1 saturated carbocycles. The van der Waals surface area contributed by atoms with Gasteiger partial charge in [-0.2, -0.15) is 0 Å². The molecule has 0 spiro atoms. The molecule has 2 aliphatic rings. The van der Waals surface area contributed by atoms with Crippen LogP contribution < -0.4 is 10.6 Å². The highest BCUT2D eigenvalue weighted by atomic mass is 16.5. The first-order valence-electron chi connectivity index (χ1n) is 9.19. The van der Waals surface area contributed by atoms with Crippen molar-refractivity contribution in [1.82, 2.24) is 10.6 Å². The van der Waals surface area contributed by atoms with Gasteiger partial charge in [0.05, 0.1) is 12.1 Å². The summed E-state index contributed by atoms with van der Waals surface area (Å²) in [5, 5.41) is 7.15. The lowest BCUT2D eigenvalue weighted by Crippen LogP contribution is -2.71. The van der Waals surface area contributed by atoms with Crippen molar-refractivity contribution in [2.45, 2.75) is 65.6 Å². The molecule has 4 atom stereocenters. The van der Waals surface area contributed by atoms with E-state index < -0.39 is 0 Å². The van der Waals surface area contributed by atoms with Gasteiger partial charge in [0.15, 0.2) is 5.96 Å². The summed E-state index contributed by atoms with van der Waals surface area (Å²) >= 11 is 0. The van der Waals surface area contributed by atoms with E-state index in [4.69, 9.17) is 9.15 Å². The molecule has 1 aromatic heterocycles. The summed E-state index contributed by atoms with van der Waals surface area (Å²) in [5.74, 6) is 3.31. The van der Waals surface area contributed by atoms with Crippen LogP contribution in [0.4, 0.5) is 0 Å². The Labute approximate surface area is 145 Å². The maximum Gasteiger partial charge on any atom is 0.192 e. The average Bonchev–Trinajstić information content (AvgIpc) is 2.99. The first-order valence-corrected chi connectivity index (χ1v) is 9.19. The molecule has 1 aliphatic heterocycles. The summed E-state index contributed by atoms with van der Waals surface area (Å²) in [6.45, 7) is 12.4. The molecular weight excluding hydrogens is 302 g/mol. The van der Waals surface area contributed by atoms with Gasteiger partial charge in [0.1, 0.15) is 11.5 Å². The lowest BCUT2D eigenvalue weighted by Gasteiger charge is -2.60. The van der Waals surface area contributed by atoms with E-state index in [1.807, 2.05) is 19.1 Å². The van der Waals surface area contributed by atoms with Crippen LogP contribution in [0.25, 0.3) is 0 Å². The number of aliphatic imine (C=N–C) groups is 1. The zero-order valence-corrected chi connectivity index (χ0v) is 15.6. The monoisotopic (exact) mass is 333 g/mol. The number of nitrogens with zero attached hydrogens (tertiary/aromatic N) is 1. The third-order valence-corrected chi connectivity index (χ3v) is 5.48. The summed E-state index contributed by atoms with van der Waals surface area (Å²) in [5.41, 5.74) is 0.131. The minimum Gasteiger partial charge on any atom is -0.464 e. The molecule has 0 aromatic carbocycles. The molecule has 5 nitrogen and oxygen atoms in total. The van der Waals surface area contributed by atoms with Gasteiger partial charge in [-0.1, -0.05) is 13.8 Å². The summed E-state index contributed by atoms with van der Waals surface area (Å²) in [6.07, 6.45) is 2.76. The van der Waals surface area contributed by atoms with Crippen molar-refractivity contribution >= 4 is 5.96 Å². The predicted molar refractivity (Wildman–Crippen MR) is 96.1 cm³/mol. The zero-order chi connectivity index (χ0) is 17.3. The van der Waals surface area contributed by atoms with Gasteiger partial charge in [-0.05, 0) is 45.7 Å². The van der Waals surface area contributed by atoms with Crippen LogP contribution in [0.5, 0.6) is 0 Å². The van der Waals surface area contributed by atoms with Crippen molar-refractivity contribution in [3.05, 3.63) is 23.7 Å². The minimum absolute atomic E-state index is 0.0816. The zero-order valence-electron chi connectivity index (χ0n) is 15.6. The summed E-state index contributed by atoms with van der Waals surface area (Å²) in [4.78, 5) is 4.63. The Morgan fingerprint density at radius 1 is 1.42 bits per heavy atom. The van der Waals surface area contributed by atoms with E-state index in [1.54, 1.807) is 0 Å².